The second-order valence-corrected chi connectivity index (χ2v) is 9.92. The predicted molar refractivity (Wildman–Crippen MR) is 113 cm³/mol. The number of carbonyl (C=O) groups excluding carboxylic acids is 1. The van der Waals surface area contributed by atoms with E-state index in [1.807, 2.05) is 12.1 Å². The Hall–Kier alpha value is -2.14. The third-order valence-electron chi connectivity index (χ3n) is 3.35. The lowest BCUT2D eigenvalue weighted by Gasteiger charge is -2.08. The fourth-order valence-electron chi connectivity index (χ4n) is 2.12. The van der Waals surface area contributed by atoms with E-state index in [2.05, 4.69) is 20.0 Å². The number of benzene rings is 1. The molecule has 11 heteroatoms. The van der Waals surface area contributed by atoms with E-state index in [9.17, 15) is 13.2 Å². The van der Waals surface area contributed by atoms with Gasteiger partial charge in [-0.2, -0.15) is 0 Å². The van der Waals surface area contributed by atoms with Crippen molar-refractivity contribution in [1.29, 1.82) is 0 Å². The minimum atomic E-state index is -3.80. The van der Waals surface area contributed by atoms with Crippen LogP contribution in [0.5, 0.6) is 0 Å². The largest absolute Gasteiger partial charge is 0.325 e. The van der Waals surface area contributed by atoms with E-state index in [1.54, 1.807) is 6.07 Å². The van der Waals surface area contributed by atoms with Crippen LogP contribution in [0.25, 0.3) is 0 Å². The quantitative estimate of drug-likeness (QED) is 0.535. The van der Waals surface area contributed by atoms with Crippen LogP contribution in [-0.4, -0.2) is 30.0 Å². The van der Waals surface area contributed by atoms with Crippen LogP contribution < -0.4 is 10.0 Å². The van der Waals surface area contributed by atoms with Gasteiger partial charge >= 0.3 is 0 Å². The number of thiophene rings is 1. The van der Waals surface area contributed by atoms with Crippen LogP contribution >= 0.6 is 34.7 Å². The molecule has 1 aromatic carbocycles. The Morgan fingerprint density at radius 3 is 2.46 bits per heavy atom. The summed E-state index contributed by atoms with van der Waals surface area (Å²) in [5.41, 5.74) is 0.514. The molecule has 2 heterocycles. The van der Waals surface area contributed by atoms with Gasteiger partial charge in [-0.15, -0.1) is 23.1 Å². The highest BCUT2D eigenvalue weighted by atomic mass is 35.5. The Balaban J connectivity index is 1.52. The van der Waals surface area contributed by atoms with Crippen molar-refractivity contribution in [3.8, 4) is 0 Å². The van der Waals surface area contributed by atoms with E-state index >= 15 is 0 Å². The van der Waals surface area contributed by atoms with Gasteiger partial charge < -0.3 is 5.32 Å². The van der Waals surface area contributed by atoms with E-state index in [-0.39, 0.29) is 22.5 Å². The second kappa shape index (κ2) is 9.37. The zero-order valence-electron chi connectivity index (χ0n) is 14.3. The van der Waals surface area contributed by atoms with Crippen molar-refractivity contribution in [3.05, 3.63) is 64.1 Å². The Morgan fingerprint density at radius 1 is 1.11 bits per heavy atom. The third kappa shape index (κ3) is 5.93. The summed E-state index contributed by atoms with van der Waals surface area (Å²) in [5.74, 6) is 0.806. The smallest absolute Gasteiger partial charge is 0.264 e. The standard InChI is InChI=1S/C17H15ClN4O3S3/c18-15-7-4-13(27-15)10-26-11-16(23)21-12-2-5-14(6-3-12)28(24,25)22-17-19-8-1-9-20-17/h1-9H,10-11H2,(H,21,23)(H,19,20,22). The van der Waals surface area contributed by atoms with Gasteiger partial charge in [0, 0.05) is 28.7 Å². The molecule has 0 saturated carbocycles. The fourth-order valence-corrected chi connectivity index (χ4v) is 5.10. The summed E-state index contributed by atoms with van der Waals surface area (Å²) in [7, 11) is -3.80. The highest BCUT2D eigenvalue weighted by molar-refractivity contribution is 7.99. The molecule has 0 atom stereocenters. The molecule has 3 rings (SSSR count). The van der Waals surface area contributed by atoms with Gasteiger partial charge in [0.25, 0.3) is 10.0 Å². The Bertz CT molecular complexity index is 1040. The van der Waals surface area contributed by atoms with Crippen molar-refractivity contribution in [3.63, 3.8) is 0 Å². The normalized spacial score (nSPS) is 11.2. The number of aromatic nitrogens is 2. The molecule has 3 aromatic rings. The monoisotopic (exact) mass is 454 g/mol. The van der Waals surface area contributed by atoms with Gasteiger partial charge in [0.1, 0.15) is 0 Å². The van der Waals surface area contributed by atoms with Crippen LogP contribution in [-0.2, 0) is 20.6 Å². The number of amides is 1. The first-order chi connectivity index (χ1) is 13.4. The van der Waals surface area contributed by atoms with Crippen LogP contribution in [0.1, 0.15) is 4.88 Å². The number of anilines is 2. The molecule has 2 aromatic heterocycles. The lowest BCUT2D eigenvalue weighted by molar-refractivity contribution is -0.113. The first kappa shape index (κ1) is 20.6. The molecular formula is C17H15ClN4O3S3. The van der Waals surface area contributed by atoms with E-state index < -0.39 is 10.0 Å². The van der Waals surface area contributed by atoms with Gasteiger partial charge in [0.2, 0.25) is 11.9 Å². The van der Waals surface area contributed by atoms with Gasteiger partial charge in [-0.1, -0.05) is 11.6 Å². The fraction of sp³-hybridized carbons (Fsp3) is 0.118. The van der Waals surface area contributed by atoms with Crippen molar-refractivity contribution in [2.75, 3.05) is 15.8 Å². The molecule has 7 nitrogen and oxygen atoms in total. The minimum Gasteiger partial charge on any atom is -0.325 e. The van der Waals surface area contributed by atoms with Gasteiger partial charge in [0.15, 0.2) is 0 Å². The number of hydrogen-bond acceptors (Lipinski definition) is 7. The lowest BCUT2D eigenvalue weighted by atomic mass is 10.3. The first-order valence-corrected chi connectivity index (χ1v) is 11.8. The van der Waals surface area contributed by atoms with Crippen molar-refractivity contribution in [2.45, 2.75) is 10.6 Å². The number of sulfonamides is 1. The van der Waals surface area contributed by atoms with Gasteiger partial charge in [-0.3, -0.25) is 4.79 Å². The number of rotatable bonds is 8. The summed E-state index contributed by atoms with van der Waals surface area (Å²) in [4.78, 5) is 20.8. The summed E-state index contributed by atoms with van der Waals surface area (Å²) in [6.45, 7) is 0. The molecule has 0 spiro atoms. The number of thioether (sulfide) groups is 1. The maximum atomic E-state index is 12.3. The SMILES string of the molecule is O=C(CSCc1ccc(Cl)s1)Nc1ccc(S(=O)(=O)Nc2ncccn2)cc1. The molecule has 28 heavy (non-hydrogen) atoms. The Labute approximate surface area is 175 Å². The number of nitrogens with zero attached hydrogens (tertiary/aromatic N) is 2. The van der Waals surface area contributed by atoms with Crippen LogP contribution in [0.4, 0.5) is 11.6 Å². The summed E-state index contributed by atoms with van der Waals surface area (Å²) in [6, 6.07) is 11.2. The molecule has 0 aliphatic carbocycles. The molecule has 0 saturated heterocycles. The molecule has 0 unspecified atom stereocenters. The summed E-state index contributed by atoms with van der Waals surface area (Å²) in [6.07, 6.45) is 2.88. The number of carbonyl (C=O) groups is 1. The Kier molecular flexibility index (Phi) is 6.89. The molecule has 0 fully saturated rings. The molecule has 0 radical (unpaired) electrons. The lowest BCUT2D eigenvalue weighted by Crippen LogP contribution is -2.16. The molecule has 0 aliphatic rings. The average Bonchev–Trinajstić information content (AvgIpc) is 3.08. The van der Waals surface area contributed by atoms with Crippen molar-refractivity contribution < 1.29 is 13.2 Å². The number of halogens is 1. The zero-order chi connectivity index (χ0) is 20.0. The van der Waals surface area contributed by atoms with Crippen LogP contribution in [0.2, 0.25) is 4.34 Å². The van der Waals surface area contributed by atoms with E-state index in [1.165, 1.54) is 59.8 Å². The predicted octanol–water partition coefficient (Wildman–Crippen LogP) is 3.86. The molecule has 2 N–H and O–H groups in total. The molecule has 146 valence electrons. The topological polar surface area (TPSA) is 101 Å². The van der Waals surface area contributed by atoms with E-state index in [0.717, 1.165) is 9.21 Å². The molecule has 0 aliphatic heterocycles. The van der Waals surface area contributed by atoms with Gasteiger partial charge in [0.05, 0.1) is 15.0 Å². The molecule has 1 amide bonds. The minimum absolute atomic E-state index is 0.0102. The van der Waals surface area contributed by atoms with Gasteiger partial charge in [-0.25, -0.2) is 23.1 Å². The molecule has 0 bridgehead atoms. The van der Waals surface area contributed by atoms with Crippen LogP contribution in [0.15, 0.2) is 59.8 Å². The summed E-state index contributed by atoms with van der Waals surface area (Å²) < 4.78 is 27.7. The van der Waals surface area contributed by atoms with Crippen LogP contribution in [0.3, 0.4) is 0 Å². The zero-order valence-corrected chi connectivity index (χ0v) is 17.5. The number of nitrogens with one attached hydrogen (secondary N) is 2. The Morgan fingerprint density at radius 2 is 1.82 bits per heavy atom. The van der Waals surface area contributed by atoms with Crippen molar-refractivity contribution >= 4 is 62.3 Å². The second-order valence-electron chi connectivity index (χ2n) is 5.45. The third-order valence-corrected chi connectivity index (χ3v) is 7.09. The van der Waals surface area contributed by atoms with Gasteiger partial charge in [-0.05, 0) is 42.5 Å². The van der Waals surface area contributed by atoms with Crippen LogP contribution in [0, 0.1) is 0 Å². The maximum Gasteiger partial charge on any atom is 0.264 e. The number of hydrogen-bond donors (Lipinski definition) is 2. The summed E-state index contributed by atoms with van der Waals surface area (Å²) >= 11 is 8.84. The van der Waals surface area contributed by atoms with E-state index in [0.29, 0.717) is 11.4 Å². The highest BCUT2D eigenvalue weighted by Crippen LogP contribution is 2.25. The maximum absolute atomic E-state index is 12.3. The molecular weight excluding hydrogens is 440 g/mol. The van der Waals surface area contributed by atoms with Crippen molar-refractivity contribution in [2.24, 2.45) is 0 Å². The summed E-state index contributed by atoms with van der Waals surface area (Å²) in [5, 5.41) is 2.74. The van der Waals surface area contributed by atoms with E-state index in [4.69, 9.17) is 11.6 Å². The average molecular weight is 455 g/mol. The highest BCUT2D eigenvalue weighted by Gasteiger charge is 2.15. The first-order valence-electron chi connectivity index (χ1n) is 7.94. The van der Waals surface area contributed by atoms with Crippen molar-refractivity contribution in [1.82, 2.24) is 9.97 Å².